The zero-order chi connectivity index (χ0) is 50.0. The predicted octanol–water partition coefficient (Wildman–Crippen LogP) is 18.6. The Morgan fingerprint density at radius 3 is 0.986 bits per heavy atom. The van der Waals surface area contributed by atoms with Gasteiger partial charge in [-0.05, 0) is 116 Å². The summed E-state index contributed by atoms with van der Waals surface area (Å²) in [5, 5.41) is 0. The molecule has 0 amide bonds. The van der Waals surface area contributed by atoms with Crippen molar-refractivity contribution >= 4 is 17.9 Å². The van der Waals surface area contributed by atoms with Crippen LogP contribution in [0.2, 0.25) is 0 Å². The van der Waals surface area contributed by atoms with Crippen LogP contribution in [-0.2, 0) is 28.6 Å². The van der Waals surface area contributed by atoms with E-state index in [4.69, 9.17) is 14.2 Å². The number of rotatable bonds is 48. The molecule has 0 aromatic heterocycles. The van der Waals surface area contributed by atoms with Crippen molar-refractivity contribution in [3.8, 4) is 0 Å². The topological polar surface area (TPSA) is 78.9 Å². The van der Waals surface area contributed by atoms with Crippen LogP contribution in [0.4, 0.5) is 0 Å². The van der Waals surface area contributed by atoms with E-state index in [1.165, 1.54) is 44.9 Å². The van der Waals surface area contributed by atoms with Gasteiger partial charge in [-0.15, -0.1) is 0 Å². The van der Waals surface area contributed by atoms with Crippen LogP contribution in [0, 0.1) is 0 Å². The Hall–Kier alpha value is -4.45. The van der Waals surface area contributed by atoms with Crippen LogP contribution in [0.1, 0.15) is 226 Å². The van der Waals surface area contributed by atoms with Gasteiger partial charge >= 0.3 is 17.9 Å². The highest BCUT2D eigenvalue weighted by molar-refractivity contribution is 5.71. The van der Waals surface area contributed by atoms with Gasteiger partial charge in [-0.1, -0.05) is 225 Å². The molecule has 0 N–H and O–H groups in total. The Morgan fingerprint density at radius 2 is 0.594 bits per heavy atom. The highest BCUT2D eigenvalue weighted by atomic mass is 16.6. The molecule has 0 radical (unpaired) electrons. The number of allylic oxidation sites excluding steroid dienone is 22. The minimum absolute atomic E-state index is 0.0976. The molecule has 0 aromatic carbocycles. The van der Waals surface area contributed by atoms with Crippen molar-refractivity contribution in [2.45, 2.75) is 232 Å². The molecule has 0 bridgehead atoms. The highest BCUT2D eigenvalue weighted by Gasteiger charge is 2.19. The molecule has 0 fully saturated rings. The van der Waals surface area contributed by atoms with Gasteiger partial charge in [0.25, 0.3) is 0 Å². The third kappa shape index (κ3) is 54.4. The Morgan fingerprint density at radius 1 is 0.304 bits per heavy atom. The summed E-state index contributed by atoms with van der Waals surface area (Å²) in [4.78, 5) is 37.8. The second-order valence-corrected chi connectivity index (χ2v) is 17.8. The van der Waals surface area contributed by atoms with Crippen molar-refractivity contribution in [3.63, 3.8) is 0 Å². The average molecular weight is 953 g/mol. The molecular weight excluding hydrogens is 853 g/mol. The van der Waals surface area contributed by atoms with E-state index in [0.717, 1.165) is 135 Å². The number of hydrogen-bond acceptors (Lipinski definition) is 6. The van der Waals surface area contributed by atoms with Crippen LogP contribution >= 0.6 is 0 Å². The van der Waals surface area contributed by atoms with Crippen molar-refractivity contribution in [2.24, 2.45) is 0 Å². The van der Waals surface area contributed by atoms with Gasteiger partial charge in [-0.3, -0.25) is 14.4 Å². The van der Waals surface area contributed by atoms with Crippen LogP contribution in [0.25, 0.3) is 0 Å². The van der Waals surface area contributed by atoms with E-state index >= 15 is 0 Å². The first kappa shape index (κ1) is 64.5. The van der Waals surface area contributed by atoms with Crippen molar-refractivity contribution < 1.29 is 28.6 Å². The lowest BCUT2D eigenvalue weighted by molar-refractivity contribution is -0.167. The van der Waals surface area contributed by atoms with E-state index < -0.39 is 6.10 Å². The summed E-state index contributed by atoms with van der Waals surface area (Å²) in [7, 11) is 0. The molecule has 0 rings (SSSR count). The van der Waals surface area contributed by atoms with Crippen LogP contribution in [0.5, 0.6) is 0 Å². The van der Waals surface area contributed by atoms with Gasteiger partial charge < -0.3 is 14.2 Å². The molecule has 0 saturated heterocycles. The standard InChI is InChI=1S/C63H100O6/c1-4-7-10-13-16-19-21-22-23-24-25-26-27-28-29-30-31-32-33-34-35-36-37-38-39-40-41-42-43-45-47-50-53-56-62(65)68-59-60(58-67-61(64)55-52-49-46-18-15-12-9-6-3)69-63(66)57-54-51-48-44-20-17-14-11-8-5-2/h7,10-11,14,16,19,22-23,25-26,28-29,31-32,34-35,37-38,40-41,43,45,60H,4-6,8-9,12-13,15,17-18,20-21,24,27,30,33,36,39,42,44,46-59H2,1-3H3/b10-7-,14-11-,19-16-,23-22-,26-25-,29-28-,32-31-,35-34-,38-37-,41-40-,45-43-. The molecule has 6 heteroatoms. The number of esters is 3. The third-order valence-electron chi connectivity index (χ3n) is 11.1. The lowest BCUT2D eigenvalue weighted by atomic mass is 10.1. The Balaban J connectivity index is 4.23. The summed E-state index contributed by atoms with van der Waals surface area (Å²) >= 11 is 0. The largest absolute Gasteiger partial charge is 0.462 e. The molecule has 1 unspecified atom stereocenters. The van der Waals surface area contributed by atoms with Gasteiger partial charge in [-0.25, -0.2) is 0 Å². The van der Waals surface area contributed by atoms with E-state index in [2.05, 4.69) is 154 Å². The van der Waals surface area contributed by atoms with Gasteiger partial charge in [0.05, 0.1) is 0 Å². The van der Waals surface area contributed by atoms with Crippen molar-refractivity contribution in [2.75, 3.05) is 13.2 Å². The van der Waals surface area contributed by atoms with E-state index in [0.29, 0.717) is 25.7 Å². The van der Waals surface area contributed by atoms with E-state index in [1.54, 1.807) is 0 Å². The first-order valence-electron chi connectivity index (χ1n) is 27.7. The van der Waals surface area contributed by atoms with Gasteiger partial charge in [0.15, 0.2) is 6.10 Å². The van der Waals surface area contributed by atoms with E-state index in [1.807, 2.05) is 0 Å². The van der Waals surface area contributed by atoms with Crippen LogP contribution in [-0.4, -0.2) is 37.2 Å². The maximum absolute atomic E-state index is 12.7. The normalized spacial score (nSPS) is 13.1. The lowest BCUT2D eigenvalue weighted by Gasteiger charge is -2.18. The van der Waals surface area contributed by atoms with E-state index in [9.17, 15) is 14.4 Å². The summed E-state index contributed by atoms with van der Waals surface area (Å²) in [5.74, 6) is -0.968. The Labute approximate surface area is 424 Å². The number of ether oxygens (including phenoxy) is 3. The predicted molar refractivity (Wildman–Crippen MR) is 297 cm³/mol. The molecule has 0 aliphatic carbocycles. The van der Waals surface area contributed by atoms with Crippen LogP contribution in [0.15, 0.2) is 134 Å². The molecule has 6 nitrogen and oxygen atoms in total. The number of hydrogen-bond donors (Lipinski definition) is 0. The molecule has 0 aromatic rings. The quantitative estimate of drug-likeness (QED) is 0.0262. The maximum Gasteiger partial charge on any atom is 0.306 e. The second-order valence-electron chi connectivity index (χ2n) is 17.8. The van der Waals surface area contributed by atoms with E-state index in [-0.39, 0.29) is 31.1 Å². The number of unbranched alkanes of at least 4 members (excludes halogenated alkanes) is 15. The summed E-state index contributed by atoms with van der Waals surface area (Å²) in [6.07, 6.45) is 79.0. The van der Waals surface area contributed by atoms with Crippen molar-refractivity contribution in [1.82, 2.24) is 0 Å². The number of carbonyl (C=O) groups excluding carboxylic acids is 3. The monoisotopic (exact) mass is 953 g/mol. The van der Waals surface area contributed by atoms with Gasteiger partial charge in [0.2, 0.25) is 0 Å². The smallest absolute Gasteiger partial charge is 0.306 e. The molecule has 0 saturated carbocycles. The highest BCUT2D eigenvalue weighted by Crippen LogP contribution is 2.13. The molecule has 69 heavy (non-hydrogen) atoms. The second kappa shape index (κ2) is 56.1. The lowest BCUT2D eigenvalue weighted by Crippen LogP contribution is -2.30. The summed E-state index contributed by atoms with van der Waals surface area (Å²) in [5.41, 5.74) is 0. The third-order valence-corrected chi connectivity index (χ3v) is 11.1. The van der Waals surface area contributed by atoms with Crippen molar-refractivity contribution in [3.05, 3.63) is 134 Å². The molecule has 0 aliphatic rings. The number of carbonyl (C=O) groups is 3. The summed E-state index contributed by atoms with van der Waals surface area (Å²) in [6, 6.07) is 0. The minimum atomic E-state index is -0.799. The Kier molecular flexibility index (Phi) is 52.5. The maximum atomic E-state index is 12.7. The average Bonchev–Trinajstić information content (AvgIpc) is 3.35. The van der Waals surface area contributed by atoms with Crippen LogP contribution in [0.3, 0.4) is 0 Å². The zero-order valence-corrected chi connectivity index (χ0v) is 44.3. The fraction of sp³-hybridized carbons (Fsp3) is 0.603. The van der Waals surface area contributed by atoms with Crippen LogP contribution < -0.4 is 0 Å². The first-order valence-corrected chi connectivity index (χ1v) is 27.7. The van der Waals surface area contributed by atoms with Gasteiger partial charge in [0.1, 0.15) is 13.2 Å². The minimum Gasteiger partial charge on any atom is -0.462 e. The molecule has 0 spiro atoms. The molecule has 388 valence electrons. The summed E-state index contributed by atoms with van der Waals surface area (Å²) < 4.78 is 16.7. The van der Waals surface area contributed by atoms with Gasteiger partial charge in [0, 0.05) is 19.3 Å². The Bertz CT molecular complexity index is 1510. The molecule has 0 aliphatic heterocycles. The first-order chi connectivity index (χ1) is 34.0. The zero-order valence-electron chi connectivity index (χ0n) is 44.3. The molecule has 1 atom stereocenters. The fourth-order valence-electron chi connectivity index (χ4n) is 7.00. The summed E-state index contributed by atoms with van der Waals surface area (Å²) in [6.45, 7) is 6.36. The fourth-order valence-corrected chi connectivity index (χ4v) is 7.00. The SMILES string of the molecule is CC/C=C\C/C=C\C/C=C\C/C=C\C/C=C\C/C=C\C/C=C\C/C=C\C/C=C\C/C=C\CCCCC(=O)OCC(COC(=O)CCCCCCCCCC)OC(=O)CCCCCCC/C=C\CCC. The molecule has 0 heterocycles. The molecular formula is C63H100O6. The van der Waals surface area contributed by atoms with Gasteiger partial charge in [-0.2, -0.15) is 0 Å². The van der Waals surface area contributed by atoms with Crippen molar-refractivity contribution in [1.29, 1.82) is 0 Å².